The van der Waals surface area contributed by atoms with Crippen molar-refractivity contribution in [1.29, 1.82) is 0 Å². The third kappa shape index (κ3) is 3.55. The van der Waals surface area contributed by atoms with Crippen LogP contribution in [0.1, 0.15) is 23.0 Å². The zero-order chi connectivity index (χ0) is 17.3. The van der Waals surface area contributed by atoms with Crippen LogP contribution in [-0.4, -0.2) is 64.6 Å². The number of carbonyl (C=O) groups excluding carboxylic acids is 1. The number of hydrogen-bond acceptors (Lipinski definition) is 4. The molecule has 0 saturated carbocycles. The van der Waals surface area contributed by atoms with E-state index in [4.69, 9.17) is 0 Å². The third-order valence-electron chi connectivity index (χ3n) is 4.31. The van der Waals surface area contributed by atoms with Crippen molar-refractivity contribution in [1.82, 2.24) is 14.8 Å². The Kier molecular flexibility index (Phi) is 4.78. The molecule has 0 bridgehead atoms. The number of nitrogens with zero attached hydrogens (tertiary/aromatic N) is 3. The van der Waals surface area contributed by atoms with Crippen LogP contribution in [0, 0.1) is 12.7 Å². The Balaban J connectivity index is 1.82. The number of carbonyl (C=O) groups is 1. The summed E-state index contributed by atoms with van der Waals surface area (Å²) in [4.78, 5) is 21.2. The molecule has 0 unspecified atom stereocenters. The number of pyridine rings is 1. The van der Waals surface area contributed by atoms with Gasteiger partial charge >= 0.3 is 0 Å². The second-order valence-electron chi connectivity index (χ2n) is 6.41. The molecule has 1 aromatic carbocycles. The average Bonchev–Trinajstić information content (AvgIpc) is 2.53. The molecule has 1 N–H and O–H groups in total. The highest BCUT2D eigenvalue weighted by atomic mass is 19.1. The molecule has 24 heavy (non-hydrogen) atoms. The highest BCUT2D eigenvalue weighted by Gasteiger charge is 2.24. The molecule has 0 spiro atoms. The molecule has 2 heterocycles. The summed E-state index contributed by atoms with van der Waals surface area (Å²) in [6, 6.07) is 6.11. The lowest BCUT2D eigenvalue weighted by Gasteiger charge is -2.35. The van der Waals surface area contributed by atoms with E-state index in [0.29, 0.717) is 41.8 Å². The van der Waals surface area contributed by atoms with E-state index in [0.717, 1.165) is 13.1 Å². The van der Waals surface area contributed by atoms with E-state index in [2.05, 4.69) is 9.88 Å². The molecule has 1 aliphatic rings. The second-order valence-corrected chi connectivity index (χ2v) is 6.41. The lowest BCUT2D eigenvalue weighted by atomic mass is 10.1. The van der Waals surface area contributed by atoms with E-state index >= 15 is 0 Å². The highest BCUT2D eigenvalue weighted by Crippen LogP contribution is 2.21. The number of amides is 1. The monoisotopic (exact) mass is 331 g/mol. The van der Waals surface area contributed by atoms with E-state index in [9.17, 15) is 14.3 Å². The van der Waals surface area contributed by atoms with Crippen LogP contribution in [0.4, 0.5) is 4.39 Å². The number of hydrogen-bond donors (Lipinski definition) is 1. The number of aryl methyl sites for hydroxylation is 1. The molecule has 1 atom stereocenters. The topological polar surface area (TPSA) is 56.7 Å². The van der Waals surface area contributed by atoms with Gasteiger partial charge in [0.1, 0.15) is 5.82 Å². The maximum Gasteiger partial charge on any atom is 0.254 e. The van der Waals surface area contributed by atoms with Crippen LogP contribution in [0.15, 0.2) is 24.3 Å². The first-order valence-corrected chi connectivity index (χ1v) is 8.20. The number of fused-ring (bicyclic) bond motifs is 1. The van der Waals surface area contributed by atoms with Crippen LogP contribution in [0.3, 0.4) is 0 Å². The van der Waals surface area contributed by atoms with Crippen LogP contribution >= 0.6 is 0 Å². The van der Waals surface area contributed by atoms with Crippen molar-refractivity contribution in [3.8, 4) is 0 Å². The van der Waals surface area contributed by atoms with Gasteiger partial charge in [0.2, 0.25) is 0 Å². The van der Waals surface area contributed by atoms with Gasteiger partial charge in [0.05, 0.1) is 17.2 Å². The van der Waals surface area contributed by atoms with E-state index in [1.807, 2.05) is 11.8 Å². The van der Waals surface area contributed by atoms with Gasteiger partial charge in [-0.25, -0.2) is 4.39 Å². The Morgan fingerprint density at radius 1 is 1.29 bits per heavy atom. The smallest absolute Gasteiger partial charge is 0.254 e. The van der Waals surface area contributed by atoms with Gasteiger partial charge in [-0.15, -0.1) is 0 Å². The largest absolute Gasteiger partial charge is 0.392 e. The summed E-state index contributed by atoms with van der Waals surface area (Å²) < 4.78 is 13.4. The van der Waals surface area contributed by atoms with Gasteiger partial charge in [-0.1, -0.05) is 0 Å². The van der Waals surface area contributed by atoms with Crippen molar-refractivity contribution >= 4 is 16.8 Å². The Bertz CT molecular complexity index is 750. The van der Waals surface area contributed by atoms with Crippen molar-refractivity contribution in [2.24, 2.45) is 0 Å². The van der Waals surface area contributed by atoms with Crippen LogP contribution in [0.25, 0.3) is 10.9 Å². The number of halogens is 1. The molecule has 0 aliphatic carbocycles. The first-order valence-electron chi connectivity index (χ1n) is 8.20. The predicted molar refractivity (Wildman–Crippen MR) is 90.5 cm³/mol. The molecule has 1 fully saturated rings. The molecule has 1 saturated heterocycles. The van der Waals surface area contributed by atoms with Crippen LogP contribution < -0.4 is 0 Å². The van der Waals surface area contributed by atoms with Gasteiger partial charge in [0.25, 0.3) is 5.91 Å². The van der Waals surface area contributed by atoms with Crippen molar-refractivity contribution in [3.63, 3.8) is 0 Å². The predicted octanol–water partition coefficient (Wildman–Crippen LogP) is 1.82. The average molecular weight is 331 g/mol. The molecule has 3 rings (SSSR count). The summed E-state index contributed by atoms with van der Waals surface area (Å²) in [5.74, 6) is -0.403. The number of piperazine rings is 1. The molecule has 2 aromatic rings. The van der Waals surface area contributed by atoms with Gasteiger partial charge in [-0.2, -0.15) is 0 Å². The molecule has 0 radical (unpaired) electrons. The Morgan fingerprint density at radius 3 is 2.67 bits per heavy atom. The number of aliphatic hydroxyl groups excluding tert-OH is 1. The van der Waals surface area contributed by atoms with Crippen molar-refractivity contribution < 1.29 is 14.3 Å². The van der Waals surface area contributed by atoms with E-state index in [-0.39, 0.29) is 17.8 Å². The fraction of sp³-hybridized carbons (Fsp3) is 0.444. The number of aromatic nitrogens is 1. The first kappa shape index (κ1) is 16.8. The van der Waals surface area contributed by atoms with Crippen LogP contribution in [0.2, 0.25) is 0 Å². The zero-order valence-electron chi connectivity index (χ0n) is 14.0. The molecular formula is C18H22FN3O2. The summed E-state index contributed by atoms with van der Waals surface area (Å²) >= 11 is 0. The Labute approximate surface area is 140 Å². The Morgan fingerprint density at radius 2 is 2.00 bits per heavy atom. The standard InChI is InChI=1S/C18H22FN3O2/c1-12-9-16(15-4-3-14(19)10-17(15)20-12)18(24)22-7-5-21(6-8-22)11-13(2)23/h3-4,9-10,13,23H,5-8,11H2,1-2H3/t13-/m0/s1. The Hall–Kier alpha value is -2.05. The molecule has 128 valence electrons. The van der Waals surface area contributed by atoms with Gasteiger partial charge < -0.3 is 10.0 Å². The number of aliphatic hydroxyl groups is 1. The van der Waals surface area contributed by atoms with E-state index < -0.39 is 0 Å². The second kappa shape index (κ2) is 6.83. The minimum Gasteiger partial charge on any atom is -0.392 e. The van der Waals surface area contributed by atoms with Gasteiger partial charge in [0.15, 0.2) is 0 Å². The summed E-state index contributed by atoms with van der Waals surface area (Å²) in [6.07, 6.45) is -0.367. The van der Waals surface area contributed by atoms with Gasteiger partial charge in [-0.05, 0) is 32.0 Å². The van der Waals surface area contributed by atoms with Gasteiger partial charge in [-0.3, -0.25) is 14.7 Å². The van der Waals surface area contributed by atoms with Crippen LogP contribution in [-0.2, 0) is 0 Å². The molecule has 1 aliphatic heterocycles. The maximum atomic E-state index is 13.4. The van der Waals surface area contributed by atoms with Crippen LogP contribution in [0.5, 0.6) is 0 Å². The zero-order valence-corrected chi connectivity index (χ0v) is 14.0. The number of rotatable bonds is 3. The van der Waals surface area contributed by atoms with E-state index in [1.54, 1.807) is 19.1 Å². The summed E-state index contributed by atoms with van der Waals surface area (Å²) in [5.41, 5.74) is 1.77. The molecule has 1 aromatic heterocycles. The normalized spacial score (nSPS) is 17.2. The number of β-amino-alcohol motifs (C(OH)–C–C–N with tert-alkyl or cyclic N) is 1. The van der Waals surface area contributed by atoms with E-state index in [1.165, 1.54) is 12.1 Å². The summed E-state index contributed by atoms with van der Waals surface area (Å²) in [6.45, 7) is 6.93. The molecule has 6 heteroatoms. The van der Waals surface area contributed by atoms with Crippen molar-refractivity contribution in [3.05, 3.63) is 41.3 Å². The fourth-order valence-electron chi connectivity index (χ4n) is 3.19. The quantitative estimate of drug-likeness (QED) is 0.932. The maximum absolute atomic E-state index is 13.4. The highest BCUT2D eigenvalue weighted by molar-refractivity contribution is 6.06. The number of benzene rings is 1. The SMILES string of the molecule is Cc1cc(C(=O)N2CCN(C[C@H](C)O)CC2)c2ccc(F)cc2n1. The lowest BCUT2D eigenvalue weighted by Crippen LogP contribution is -2.50. The molecular weight excluding hydrogens is 309 g/mol. The summed E-state index contributed by atoms with van der Waals surface area (Å²) in [7, 11) is 0. The van der Waals surface area contributed by atoms with Gasteiger partial charge in [0, 0.05) is 49.9 Å². The minimum atomic E-state index is -0.367. The summed E-state index contributed by atoms with van der Waals surface area (Å²) in [5, 5.41) is 10.1. The molecule has 5 nitrogen and oxygen atoms in total. The van der Waals surface area contributed by atoms with Crippen molar-refractivity contribution in [2.45, 2.75) is 20.0 Å². The molecule has 1 amide bonds. The lowest BCUT2D eigenvalue weighted by molar-refractivity contribution is 0.0555. The first-order chi connectivity index (χ1) is 11.4. The fourth-order valence-corrected chi connectivity index (χ4v) is 3.19. The van der Waals surface area contributed by atoms with Crippen molar-refractivity contribution in [2.75, 3.05) is 32.7 Å². The minimum absolute atomic E-state index is 0.0474. The third-order valence-corrected chi connectivity index (χ3v) is 4.31.